The Morgan fingerprint density at radius 1 is 1.37 bits per heavy atom. The van der Waals surface area contributed by atoms with Gasteiger partial charge in [0.05, 0.1) is 16.3 Å². The van der Waals surface area contributed by atoms with Gasteiger partial charge in [0.15, 0.2) is 0 Å². The highest BCUT2D eigenvalue weighted by Gasteiger charge is 2.08. The molecule has 3 N–H and O–H groups in total. The van der Waals surface area contributed by atoms with Gasteiger partial charge in [0.25, 0.3) is 15.8 Å². The predicted molar refractivity (Wildman–Crippen MR) is 68.0 cm³/mol. The van der Waals surface area contributed by atoms with E-state index in [-0.39, 0.29) is 17.1 Å². The molecule has 0 aliphatic heterocycles. The van der Waals surface area contributed by atoms with Crippen molar-refractivity contribution in [2.75, 3.05) is 5.75 Å². The van der Waals surface area contributed by atoms with E-state index in [4.69, 9.17) is 10.3 Å². The van der Waals surface area contributed by atoms with Gasteiger partial charge in [-0.05, 0) is 12.7 Å². The van der Waals surface area contributed by atoms with Crippen molar-refractivity contribution >= 4 is 10.1 Å². The standard InChI is InChI=1S/C9H12N4O5S/c1-7(3-4-8(2)13(14)15)11-12-9(5-10)6-19(16,17)18/h3-5H,1-2,6,10H2,(H,16,17,18)/b4-3-,9-5-,12-11+. The Morgan fingerprint density at radius 2 is 1.95 bits per heavy atom. The van der Waals surface area contributed by atoms with Crippen LogP contribution in [0.25, 0.3) is 0 Å². The molecule has 0 amide bonds. The van der Waals surface area contributed by atoms with E-state index < -0.39 is 20.8 Å². The van der Waals surface area contributed by atoms with E-state index in [1.807, 2.05) is 0 Å². The van der Waals surface area contributed by atoms with Crippen molar-refractivity contribution in [3.63, 3.8) is 0 Å². The molecule has 0 heterocycles. The average Bonchev–Trinajstić information content (AvgIpc) is 2.29. The van der Waals surface area contributed by atoms with Crippen molar-refractivity contribution in [1.82, 2.24) is 0 Å². The summed E-state index contributed by atoms with van der Waals surface area (Å²) in [7, 11) is -4.27. The molecule has 0 atom stereocenters. The molecule has 0 unspecified atom stereocenters. The predicted octanol–water partition coefficient (Wildman–Crippen LogP) is 0.987. The zero-order chi connectivity index (χ0) is 15.1. The van der Waals surface area contributed by atoms with Crippen LogP contribution in [0.2, 0.25) is 0 Å². The van der Waals surface area contributed by atoms with Crippen LogP contribution in [0.15, 0.2) is 58.8 Å². The van der Waals surface area contributed by atoms with Crippen molar-refractivity contribution in [2.24, 2.45) is 16.0 Å². The Morgan fingerprint density at radius 3 is 2.37 bits per heavy atom. The van der Waals surface area contributed by atoms with E-state index >= 15 is 0 Å². The summed E-state index contributed by atoms with van der Waals surface area (Å²) in [5, 5.41) is 17.1. The van der Waals surface area contributed by atoms with Gasteiger partial charge >= 0.3 is 0 Å². The topological polar surface area (TPSA) is 148 Å². The third kappa shape index (κ3) is 8.40. The van der Waals surface area contributed by atoms with Crippen LogP contribution < -0.4 is 5.73 Å². The van der Waals surface area contributed by atoms with Gasteiger partial charge in [0, 0.05) is 12.3 Å². The summed E-state index contributed by atoms with van der Waals surface area (Å²) in [5.74, 6) is -0.800. The summed E-state index contributed by atoms with van der Waals surface area (Å²) in [6, 6.07) is 0. The summed E-state index contributed by atoms with van der Waals surface area (Å²) in [4.78, 5) is 9.53. The van der Waals surface area contributed by atoms with Crippen molar-refractivity contribution in [1.29, 1.82) is 0 Å². The molecule has 0 bridgehead atoms. The minimum absolute atomic E-state index is 0.0117. The van der Waals surface area contributed by atoms with E-state index in [2.05, 4.69) is 23.4 Å². The third-order valence-electron chi connectivity index (χ3n) is 1.53. The quantitative estimate of drug-likeness (QED) is 0.234. The third-order valence-corrected chi connectivity index (χ3v) is 2.19. The molecule has 0 aromatic heterocycles. The smallest absolute Gasteiger partial charge is 0.270 e. The van der Waals surface area contributed by atoms with E-state index in [0.29, 0.717) is 0 Å². The molecule has 0 rings (SSSR count). The molecular formula is C9H12N4O5S. The second-order valence-corrected chi connectivity index (χ2v) is 4.61. The molecule has 0 fully saturated rings. The lowest BCUT2D eigenvalue weighted by Crippen LogP contribution is -2.06. The molecule has 0 saturated heterocycles. The van der Waals surface area contributed by atoms with Crippen LogP contribution in [-0.2, 0) is 10.1 Å². The molecule has 0 aliphatic carbocycles. The van der Waals surface area contributed by atoms with E-state index in [9.17, 15) is 18.5 Å². The number of nitrogens with zero attached hydrogens (tertiary/aromatic N) is 3. The van der Waals surface area contributed by atoms with Crippen LogP contribution >= 0.6 is 0 Å². The van der Waals surface area contributed by atoms with Crippen LogP contribution in [-0.4, -0.2) is 23.6 Å². The van der Waals surface area contributed by atoms with Crippen LogP contribution in [0.4, 0.5) is 0 Å². The number of nitro groups is 1. The van der Waals surface area contributed by atoms with Crippen molar-refractivity contribution < 1.29 is 17.9 Å². The number of hydrogen-bond donors (Lipinski definition) is 2. The molecule has 0 spiro atoms. The monoisotopic (exact) mass is 288 g/mol. The van der Waals surface area contributed by atoms with Gasteiger partial charge in [-0.15, -0.1) is 0 Å². The average molecular weight is 288 g/mol. The normalized spacial score (nSPS) is 13.0. The first-order chi connectivity index (χ1) is 8.65. The summed E-state index contributed by atoms with van der Waals surface area (Å²) in [6.07, 6.45) is 3.07. The molecule has 9 nitrogen and oxygen atoms in total. The number of nitrogens with two attached hydrogens (primary N) is 1. The maximum atomic E-state index is 10.6. The van der Waals surface area contributed by atoms with E-state index in [1.165, 1.54) is 0 Å². The van der Waals surface area contributed by atoms with Crippen LogP contribution in [0, 0.1) is 10.1 Å². The van der Waals surface area contributed by atoms with E-state index in [1.54, 1.807) is 0 Å². The summed E-state index contributed by atoms with van der Waals surface area (Å²) < 4.78 is 29.7. The molecule has 0 aromatic carbocycles. The molecule has 104 valence electrons. The van der Waals surface area contributed by atoms with Gasteiger partial charge in [-0.2, -0.15) is 18.6 Å². The number of allylic oxidation sites excluding steroid dienone is 2. The fraction of sp³-hybridized carbons (Fsp3) is 0.111. The Kier molecular flexibility index (Phi) is 6.30. The first-order valence-corrected chi connectivity index (χ1v) is 6.24. The molecule has 0 aromatic rings. The van der Waals surface area contributed by atoms with Gasteiger partial charge in [-0.1, -0.05) is 6.58 Å². The lowest BCUT2D eigenvalue weighted by atomic mass is 10.4. The molecule has 0 aliphatic rings. The Hall–Kier alpha value is -2.33. The molecule has 0 saturated carbocycles. The second-order valence-electron chi connectivity index (χ2n) is 3.16. The van der Waals surface area contributed by atoms with Crippen molar-refractivity contribution in [2.45, 2.75) is 0 Å². The SMILES string of the molecule is C=C(/C=C\C(=C)[N+](=O)[O-])/N=N/C(=C\N)CS(=O)(=O)O. The maximum Gasteiger partial charge on any atom is 0.270 e. The maximum absolute atomic E-state index is 10.6. The fourth-order valence-corrected chi connectivity index (χ4v) is 1.24. The minimum atomic E-state index is -4.27. The first kappa shape index (κ1) is 16.7. The second kappa shape index (κ2) is 7.18. The fourth-order valence-electron chi connectivity index (χ4n) is 0.712. The van der Waals surface area contributed by atoms with Crippen LogP contribution in [0.1, 0.15) is 0 Å². The Labute approximate surface area is 109 Å². The number of rotatable bonds is 7. The van der Waals surface area contributed by atoms with Gasteiger partial charge in [-0.3, -0.25) is 14.7 Å². The lowest BCUT2D eigenvalue weighted by Gasteiger charge is -1.96. The minimum Gasteiger partial charge on any atom is -0.403 e. The highest BCUT2D eigenvalue weighted by Crippen LogP contribution is 2.05. The van der Waals surface area contributed by atoms with Crippen molar-refractivity contribution in [3.8, 4) is 0 Å². The van der Waals surface area contributed by atoms with Crippen molar-refractivity contribution in [3.05, 3.63) is 58.7 Å². The molecule has 0 radical (unpaired) electrons. The van der Waals surface area contributed by atoms with Gasteiger partial charge in [-0.25, -0.2) is 0 Å². The first-order valence-electron chi connectivity index (χ1n) is 4.63. The Bertz CT molecular complexity index is 573. The summed E-state index contributed by atoms with van der Waals surface area (Å²) in [5.41, 5.74) is 4.52. The zero-order valence-electron chi connectivity index (χ0n) is 9.76. The Balaban J connectivity index is 4.68. The van der Waals surface area contributed by atoms with Crippen LogP contribution in [0.3, 0.4) is 0 Å². The largest absolute Gasteiger partial charge is 0.403 e. The molecule has 10 heteroatoms. The van der Waals surface area contributed by atoms with Crippen LogP contribution in [0.5, 0.6) is 0 Å². The molecular weight excluding hydrogens is 276 g/mol. The van der Waals surface area contributed by atoms with Gasteiger partial charge in [0.2, 0.25) is 0 Å². The van der Waals surface area contributed by atoms with E-state index in [0.717, 1.165) is 18.4 Å². The zero-order valence-corrected chi connectivity index (χ0v) is 10.6. The number of hydrogen-bond acceptors (Lipinski definition) is 7. The lowest BCUT2D eigenvalue weighted by molar-refractivity contribution is -0.418. The highest BCUT2D eigenvalue weighted by atomic mass is 32.2. The van der Waals surface area contributed by atoms with Gasteiger partial charge in [0.1, 0.15) is 5.75 Å². The molecule has 19 heavy (non-hydrogen) atoms. The number of azo groups is 1. The van der Waals surface area contributed by atoms with Gasteiger partial charge < -0.3 is 5.73 Å². The summed E-state index contributed by atoms with van der Waals surface area (Å²) in [6.45, 7) is 6.54. The summed E-state index contributed by atoms with van der Waals surface area (Å²) >= 11 is 0. The highest BCUT2D eigenvalue weighted by molar-refractivity contribution is 7.85.